The van der Waals surface area contributed by atoms with Crippen LogP contribution in [-0.2, 0) is 10.0 Å². The highest BCUT2D eigenvalue weighted by Gasteiger charge is 2.33. The number of rotatable bonds is 3. The van der Waals surface area contributed by atoms with Crippen molar-refractivity contribution in [1.29, 1.82) is 0 Å². The van der Waals surface area contributed by atoms with Gasteiger partial charge in [0, 0.05) is 18.5 Å². The SMILES string of the molecule is O=S(=O)(c1cc(Cl)c(Br)s1)N1CCCCCC1CCl. The number of sulfonamides is 1. The lowest BCUT2D eigenvalue weighted by atomic mass is 10.1. The van der Waals surface area contributed by atoms with Gasteiger partial charge in [-0.3, -0.25) is 0 Å². The van der Waals surface area contributed by atoms with Crippen LogP contribution in [0.15, 0.2) is 14.1 Å². The summed E-state index contributed by atoms with van der Waals surface area (Å²) in [5.41, 5.74) is 0. The van der Waals surface area contributed by atoms with Crippen LogP contribution in [-0.4, -0.2) is 31.2 Å². The van der Waals surface area contributed by atoms with E-state index in [9.17, 15) is 8.42 Å². The Morgan fingerprint density at radius 1 is 1.42 bits per heavy atom. The van der Waals surface area contributed by atoms with Crippen LogP contribution in [0.1, 0.15) is 25.7 Å². The maximum Gasteiger partial charge on any atom is 0.252 e. The molecule has 0 spiro atoms. The van der Waals surface area contributed by atoms with Crippen LogP contribution in [0, 0.1) is 0 Å². The predicted molar refractivity (Wildman–Crippen MR) is 83.9 cm³/mol. The summed E-state index contributed by atoms with van der Waals surface area (Å²) < 4.78 is 27.8. The molecule has 1 aliphatic heterocycles. The molecule has 2 rings (SSSR count). The number of hydrogen-bond donors (Lipinski definition) is 0. The monoisotopic (exact) mass is 405 g/mol. The summed E-state index contributed by atoms with van der Waals surface area (Å²) in [5.74, 6) is 0.333. The molecule has 1 atom stereocenters. The van der Waals surface area contributed by atoms with E-state index in [0.29, 0.717) is 21.2 Å². The highest BCUT2D eigenvalue weighted by molar-refractivity contribution is 9.11. The zero-order valence-electron chi connectivity index (χ0n) is 10.1. The molecule has 1 fully saturated rings. The van der Waals surface area contributed by atoms with Gasteiger partial charge in [-0.25, -0.2) is 8.42 Å². The summed E-state index contributed by atoms with van der Waals surface area (Å²) in [5, 5.41) is 0.431. The third kappa shape index (κ3) is 3.47. The van der Waals surface area contributed by atoms with Crippen LogP contribution < -0.4 is 0 Å². The Bertz CT molecular complexity index is 527. The van der Waals surface area contributed by atoms with Crippen LogP contribution in [0.2, 0.25) is 5.02 Å². The van der Waals surface area contributed by atoms with Gasteiger partial charge in [-0.15, -0.1) is 22.9 Å². The van der Waals surface area contributed by atoms with Crippen LogP contribution in [0.25, 0.3) is 0 Å². The Labute approximate surface area is 136 Å². The first-order valence-corrected chi connectivity index (χ1v) is 9.95. The van der Waals surface area contributed by atoms with Crippen LogP contribution in [0.5, 0.6) is 0 Å². The van der Waals surface area contributed by atoms with Crippen molar-refractivity contribution in [2.75, 3.05) is 12.4 Å². The molecule has 1 unspecified atom stereocenters. The molecule has 2 heterocycles. The minimum atomic E-state index is -3.50. The van der Waals surface area contributed by atoms with Crippen molar-refractivity contribution >= 4 is 60.5 Å². The Hall–Kier alpha value is 0.670. The van der Waals surface area contributed by atoms with Crippen molar-refractivity contribution in [3.63, 3.8) is 0 Å². The zero-order chi connectivity index (χ0) is 14.0. The second kappa shape index (κ2) is 6.62. The number of hydrogen-bond acceptors (Lipinski definition) is 3. The fraction of sp³-hybridized carbons (Fsp3) is 0.636. The maximum atomic E-state index is 12.7. The maximum absolute atomic E-state index is 12.7. The molecule has 1 aromatic heterocycles. The van der Waals surface area contributed by atoms with Gasteiger partial charge in [-0.2, -0.15) is 4.31 Å². The molecular formula is C11H14BrCl2NO2S2. The first-order valence-electron chi connectivity index (χ1n) is 5.99. The normalized spacial score (nSPS) is 22.4. The molecule has 0 N–H and O–H groups in total. The smallest absolute Gasteiger partial charge is 0.206 e. The number of thiophene rings is 1. The molecule has 3 nitrogen and oxygen atoms in total. The third-order valence-corrected chi connectivity index (χ3v) is 8.42. The number of alkyl halides is 1. The van der Waals surface area contributed by atoms with E-state index in [1.54, 1.807) is 4.31 Å². The van der Waals surface area contributed by atoms with Gasteiger partial charge in [0.25, 0.3) is 10.0 Å². The van der Waals surface area contributed by atoms with E-state index in [4.69, 9.17) is 23.2 Å². The summed E-state index contributed by atoms with van der Waals surface area (Å²) in [7, 11) is -3.50. The van der Waals surface area contributed by atoms with Crippen molar-refractivity contribution in [3.8, 4) is 0 Å². The largest absolute Gasteiger partial charge is 0.252 e. The average Bonchev–Trinajstić information content (AvgIpc) is 2.61. The van der Waals surface area contributed by atoms with E-state index in [0.717, 1.165) is 37.0 Å². The molecule has 108 valence electrons. The molecule has 0 aromatic carbocycles. The van der Waals surface area contributed by atoms with Crippen molar-refractivity contribution in [3.05, 3.63) is 14.9 Å². The van der Waals surface area contributed by atoms with Crippen LogP contribution >= 0.6 is 50.5 Å². The number of halogens is 3. The van der Waals surface area contributed by atoms with E-state index < -0.39 is 10.0 Å². The summed E-state index contributed by atoms with van der Waals surface area (Å²) in [6.45, 7) is 0.535. The topological polar surface area (TPSA) is 37.4 Å². The number of nitrogens with zero attached hydrogens (tertiary/aromatic N) is 1. The quantitative estimate of drug-likeness (QED) is 0.700. The van der Waals surface area contributed by atoms with Gasteiger partial charge in [0.2, 0.25) is 0 Å². The van der Waals surface area contributed by atoms with Crippen molar-refractivity contribution in [2.24, 2.45) is 0 Å². The fourth-order valence-corrected chi connectivity index (χ4v) is 6.82. The Kier molecular flexibility index (Phi) is 5.59. The molecule has 0 aliphatic carbocycles. The summed E-state index contributed by atoms with van der Waals surface area (Å²) >= 11 is 16.3. The molecular weight excluding hydrogens is 393 g/mol. The van der Waals surface area contributed by atoms with E-state index in [1.165, 1.54) is 6.07 Å². The van der Waals surface area contributed by atoms with Gasteiger partial charge in [-0.1, -0.05) is 24.4 Å². The lowest BCUT2D eigenvalue weighted by Crippen LogP contribution is -2.40. The highest BCUT2D eigenvalue weighted by Crippen LogP contribution is 2.37. The lowest BCUT2D eigenvalue weighted by molar-refractivity contribution is 0.346. The zero-order valence-corrected chi connectivity index (χ0v) is 14.8. The molecule has 8 heteroatoms. The second-order valence-corrected chi connectivity index (χ2v) is 9.66. The van der Waals surface area contributed by atoms with Crippen molar-refractivity contribution < 1.29 is 8.42 Å². The molecule has 0 bridgehead atoms. The molecule has 1 aromatic rings. The van der Waals surface area contributed by atoms with Crippen LogP contribution in [0.3, 0.4) is 0 Å². The Morgan fingerprint density at radius 2 is 2.16 bits per heavy atom. The van der Waals surface area contributed by atoms with Crippen molar-refractivity contribution in [2.45, 2.75) is 35.9 Å². The minimum Gasteiger partial charge on any atom is -0.206 e. The van der Waals surface area contributed by atoms with Gasteiger partial charge in [0.15, 0.2) is 0 Å². The highest BCUT2D eigenvalue weighted by atomic mass is 79.9. The van der Waals surface area contributed by atoms with Crippen molar-refractivity contribution in [1.82, 2.24) is 4.31 Å². The molecule has 19 heavy (non-hydrogen) atoms. The molecule has 0 amide bonds. The molecule has 1 aliphatic rings. The molecule has 0 saturated carbocycles. The third-order valence-electron chi connectivity index (χ3n) is 3.19. The summed E-state index contributed by atoms with van der Waals surface area (Å²) in [6, 6.07) is 1.38. The van der Waals surface area contributed by atoms with E-state index >= 15 is 0 Å². The van der Waals surface area contributed by atoms with Gasteiger partial charge in [0.1, 0.15) is 4.21 Å². The molecule has 0 radical (unpaired) electrons. The van der Waals surface area contributed by atoms with Gasteiger partial charge in [-0.05, 0) is 34.8 Å². The van der Waals surface area contributed by atoms with E-state index in [-0.39, 0.29) is 10.3 Å². The standard InChI is InChI=1S/C11H14BrCl2NO2S2/c12-11-9(14)6-10(18-11)19(16,17)15-5-3-1-2-4-8(15)7-13/h6,8H,1-5,7H2. The second-order valence-electron chi connectivity index (χ2n) is 4.46. The van der Waals surface area contributed by atoms with Gasteiger partial charge >= 0.3 is 0 Å². The minimum absolute atomic E-state index is 0.117. The fourth-order valence-electron chi connectivity index (χ4n) is 2.19. The average molecular weight is 407 g/mol. The van der Waals surface area contributed by atoms with E-state index in [2.05, 4.69) is 15.9 Å². The summed E-state index contributed by atoms with van der Waals surface area (Å²) in [6.07, 6.45) is 3.78. The predicted octanol–water partition coefficient (Wildman–Crippen LogP) is 4.34. The van der Waals surface area contributed by atoms with Gasteiger partial charge < -0.3 is 0 Å². The Morgan fingerprint density at radius 3 is 2.74 bits per heavy atom. The Balaban J connectivity index is 2.35. The first kappa shape index (κ1) is 16.0. The van der Waals surface area contributed by atoms with Crippen LogP contribution in [0.4, 0.5) is 0 Å². The van der Waals surface area contributed by atoms with Gasteiger partial charge in [0.05, 0.1) is 8.81 Å². The first-order chi connectivity index (χ1) is 8.96. The molecule has 1 saturated heterocycles. The summed E-state index contributed by atoms with van der Waals surface area (Å²) in [4.78, 5) is 0. The lowest BCUT2D eigenvalue weighted by Gasteiger charge is -2.26. The van der Waals surface area contributed by atoms with E-state index in [1.807, 2.05) is 0 Å².